The van der Waals surface area contributed by atoms with Crippen molar-refractivity contribution in [2.24, 2.45) is 0 Å². The molecule has 0 fully saturated rings. The summed E-state index contributed by atoms with van der Waals surface area (Å²) in [4.78, 5) is 10.9. The van der Waals surface area contributed by atoms with Crippen LogP contribution in [0.3, 0.4) is 0 Å². The third-order valence-electron chi connectivity index (χ3n) is 5.26. The Morgan fingerprint density at radius 3 is 1.83 bits per heavy atom. The van der Waals surface area contributed by atoms with Gasteiger partial charge >= 0.3 is 0 Å². The zero-order valence-electron chi connectivity index (χ0n) is 17.8. The normalized spacial score (nSPS) is 11.0. The Kier molecular flexibility index (Phi) is 6.36. The summed E-state index contributed by atoms with van der Waals surface area (Å²) in [5.74, 6) is 0.907. The summed E-state index contributed by atoms with van der Waals surface area (Å²) in [6.07, 6.45) is 0. The Balaban J connectivity index is 0.000000172. The van der Waals surface area contributed by atoms with E-state index in [2.05, 4.69) is 26.0 Å². The molecular formula is C26H27NO3. The molecule has 4 aromatic carbocycles. The standard InChI is InChI=1S/C13H13NO2.C13H14O/c1-9(2)11-8-7-10-5-3-4-6-12(10)13(11)14(15)16;1-9(2)13-11-6-4-3-5-10(11)7-8-12(13)14/h3-9H,1-2H3;3-9,14H,1-2H3. The summed E-state index contributed by atoms with van der Waals surface area (Å²) in [5.41, 5.74) is 2.08. The summed E-state index contributed by atoms with van der Waals surface area (Å²) in [6.45, 7) is 8.14. The van der Waals surface area contributed by atoms with Gasteiger partial charge in [-0.25, -0.2) is 0 Å². The van der Waals surface area contributed by atoms with Crippen molar-refractivity contribution in [1.82, 2.24) is 0 Å². The minimum atomic E-state index is -0.280. The fourth-order valence-corrected chi connectivity index (χ4v) is 3.83. The van der Waals surface area contributed by atoms with E-state index in [0.717, 1.165) is 27.3 Å². The molecule has 0 aliphatic carbocycles. The number of nitrogens with zero attached hydrogens (tertiary/aromatic N) is 1. The average Bonchev–Trinajstić information content (AvgIpc) is 2.72. The number of benzene rings is 4. The van der Waals surface area contributed by atoms with E-state index < -0.39 is 0 Å². The Morgan fingerprint density at radius 2 is 1.27 bits per heavy atom. The number of aromatic hydroxyl groups is 1. The van der Waals surface area contributed by atoms with Crippen LogP contribution in [0.25, 0.3) is 21.5 Å². The van der Waals surface area contributed by atoms with Gasteiger partial charge in [0.2, 0.25) is 0 Å². The number of rotatable bonds is 3. The molecular weight excluding hydrogens is 374 g/mol. The van der Waals surface area contributed by atoms with E-state index in [1.54, 1.807) is 12.1 Å². The number of phenols is 1. The molecule has 0 amide bonds. The van der Waals surface area contributed by atoms with Crippen LogP contribution in [0.15, 0.2) is 72.8 Å². The fourth-order valence-electron chi connectivity index (χ4n) is 3.83. The molecule has 0 heterocycles. The number of nitro benzene ring substituents is 1. The van der Waals surface area contributed by atoms with Crippen LogP contribution >= 0.6 is 0 Å². The predicted octanol–water partition coefficient (Wildman–Crippen LogP) is 7.54. The van der Waals surface area contributed by atoms with Crippen molar-refractivity contribution in [2.45, 2.75) is 39.5 Å². The lowest BCUT2D eigenvalue weighted by molar-refractivity contribution is -0.383. The Labute approximate surface area is 176 Å². The smallest absolute Gasteiger partial charge is 0.280 e. The van der Waals surface area contributed by atoms with Gasteiger partial charge in [-0.3, -0.25) is 10.1 Å². The minimum Gasteiger partial charge on any atom is -0.508 e. The second-order valence-electron chi connectivity index (χ2n) is 8.01. The lowest BCUT2D eigenvalue weighted by Crippen LogP contribution is -1.98. The second kappa shape index (κ2) is 8.95. The second-order valence-corrected chi connectivity index (χ2v) is 8.01. The van der Waals surface area contributed by atoms with Crippen LogP contribution in [0.4, 0.5) is 5.69 Å². The van der Waals surface area contributed by atoms with E-state index >= 15 is 0 Å². The van der Waals surface area contributed by atoms with Crippen LogP contribution in [-0.2, 0) is 0 Å². The van der Waals surface area contributed by atoms with Crippen molar-refractivity contribution in [3.63, 3.8) is 0 Å². The number of hydrogen-bond acceptors (Lipinski definition) is 3. The van der Waals surface area contributed by atoms with Gasteiger partial charge in [-0.05, 0) is 40.1 Å². The molecule has 0 aliphatic rings. The molecule has 0 radical (unpaired) electrons. The topological polar surface area (TPSA) is 63.4 Å². The maximum Gasteiger partial charge on any atom is 0.280 e. The molecule has 0 bridgehead atoms. The first kappa shape index (κ1) is 21.3. The SMILES string of the molecule is CC(C)c1c(O)ccc2ccccc12.CC(C)c1ccc2ccccc2c1[N+](=O)[O-]. The van der Waals surface area contributed by atoms with Crippen molar-refractivity contribution in [3.8, 4) is 5.75 Å². The van der Waals surface area contributed by atoms with Gasteiger partial charge < -0.3 is 5.11 Å². The van der Waals surface area contributed by atoms with Gasteiger partial charge in [-0.1, -0.05) is 88.4 Å². The molecule has 4 nitrogen and oxygen atoms in total. The molecule has 30 heavy (non-hydrogen) atoms. The van der Waals surface area contributed by atoms with E-state index in [-0.39, 0.29) is 16.5 Å². The Morgan fingerprint density at radius 1 is 0.733 bits per heavy atom. The van der Waals surface area contributed by atoms with Crippen LogP contribution in [0.2, 0.25) is 0 Å². The highest BCUT2D eigenvalue weighted by molar-refractivity contribution is 5.92. The highest BCUT2D eigenvalue weighted by Crippen LogP contribution is 2.34. The molecule has 154 valence electrons. The van der Waals surface area contributed by atoms with Crippen molar-refractivity contribution in [1.29, 1.82) is 0 Å². The van der Waals surface area contributed by atoms with Crippen LogP contribution in [0.5, 0.6) is 5.75 Å². The largest absolute Gasteiger partial charge is 0.508 e. The fraction of sp³-hybridized carbons (Fsp3) is 0.231. The van der Waals surface area contributed by atoms with Gasteiger partial charge in [0.1, 0.15) is 5.75 Å². The number of phenolic OH excluding ortho intramolecular Hbond substituents is 1. The molecule has 0 atom stereocenters. The maximum atomic E-state index is 11.1. The first-order chi connectivity index (χ1) is 14.3. The van der Waals surface area contributed by atoms with Crippen molar-refractivity contribution in [3.05, 3.63) is 94.0 Å². The number of nitro groups is 1. The molecule has 4 aromatic rings. The molecule has 4 rings (SSSR count). The maximum absolute atomic E-state index is 11.1. The van der Waals surface area contributed by atoms with E-state index in [1.807, 2.05) is 62.4 Å². The zero-order valence-corrected chi connectivity index (χ0v) is 17.8. The quantitative estimate of drug-likeness (QED) is 0.285. The van der Waals surface area contributed by atoms with Gasteiger partial charge in [0, 0.05) is 11.1 Å². The van der Waals surface area contributed by atoms with Gasteiger partial charge in [0.25, 0.3) is 5.69 Å². The molecule has 0 spiro atoms. The molecule has 1 N–H and O–H groups in total. The van der Waals surface area contributed by atoms with Crippen LogP contribution < -0.4 is 0 Å². The van der Waals surface area contributed by atoms with Gasteiger partial charge in [-0.2, -0.15) is 0 Å². The van der Waals surface area contributed by atoms with Crippen LogP contribution in [0, 0.1) is 10.1 Å². The number of hydrogen-bond donors (Lipinski definition) is 1. The third kappa shape index (κ3) is 4.28. The van der Waals surface area contributed by atoms with E-state index in [1.165, 1.54) is 5.39 Å². The molecule has 0 saturated carbocycles. The summed E-state index contributed by atoms with van der Waals surface area (Å²) in [7, 11) is 0. The van der Waals surface area contributed by atoms with Crippen LogP contribution in [0.1, 0.15) is 50.7 Å². The van der Waals surface area contributed by atoms with E-state index in [9.17, 15) is 15.2 Å². The van der Waals surface area contributed by atoms with Gasteiger partial charge in [0.05, 0.1) is 10.3 Å². The van der Waals surface area contributed by atoms with Gasteiger partial charge in [0.15, 0.2) is 0 Å². The highest BCUT2D eigenvalue weighted by Gasteiger charge is 2.19. The van der Waals surface area contributed by atoms with E-state index in [0.29, 0.717) is 11.7 Å². The molecule has 0 aromatic heterocycles. The lowest BCUT2D eigenvalue weighted by Gasteiger charge is -2.11. The Bertz CT molecular complexity index is 1200. The summed E-state index contributed by atoms with van der Waals surface area (Å²) >= 11 is 0. The van der Waals surface area contributed by atoms with Crippen molar-refractivity contribution >= 4 is 27.2 Å². The van der Waals surface area contributed by atoms with Crippen molar-refractivity contribution < 1.29 is 10.0 Å². The first-order valence-corrected chi connectivity index (χ1v) is 10.2. The average molecular weight is 402 g/mol. The highest BCUT2D eigenvalue weighted by atomic mass is 16.6. The monoisotopic (exact) mass is 401 g/mol. The summed E-state index contributed by atoms with van der Waals surface area (Å²) in [5, 5.41) is 24.9. The lowest BCUT2D eigenvalue weighted by atomic mass is 9.95. The van der Waals surface area contributed by atoms with Crippen LogP contribution in [-0.4, -0.2) is 10.0 Å². The number of fused-ring (bicyclic) bond motifs is 2. The summed E-state index contributed by atoms with van der Waals surface area (Å²) in [6, 6.07) is 23.1. The minimum absolute atomic E-state index is 0.157. The van der Waals surface area contributed by atoms with Crippen molar-refractivity contribution in [2.75, 3.05) is 0 Å². The van der Waals surface area contributed by atoms with Gasteiger partial charge in [-0.15, -0.1) is 0 Å². The van der Waals surface area contributed by atoms with E-state index in [4.69, 9.17) is 0 Å². The third-order valence-corrected chi connectivity index (χ3v) is 5.26. The molecule has 0 aliphatic heterocycles. The summed E-state index contributed by atoms with van der Waals surface area (Å²) < 4.78 is 0. The zero-order chi connectivity index (χ0) is 21.8. The Hall–Kier alpha value is -3.40. The molecule has 0 saturated heterocycles. The predicted molar refractivity (Wildman–Crippen MR) is 124 cm³/mol. The molecule has 4 heteroatoms. The first-order valence-electron chi connectivity index (χ1n) is 10.2. The molecule has 0 unspecified atom stereocenters.